The minimum absolute atomic E-state index is 0. The van der Waals surface area contributed by atoms with E-state index in [-0.39, 0.29) is 61.2 Å². The Morgan fingerprint density at radius 1 is 1.17 bits per heavy atom. The molecule has 0 amide bonds. The number of unbranched alkanes of at least 4 members (excludes halogenated alkanes) is 1. The fourth-order valence-electron chi connectivity index (χ4n) is 7.18. The Morgan fingerprint density at radius 2 is 1.91 bits per heavy atom. The summed E-state index contributed by atoms with van der Waals surface area (Å²) in [6.45, 7) is 3.91. The van der Waals surface area contributed by atoms with Crippen molar-refractivity contribution in [3.05, 3.63) is 23.8 Å². The third-order valence-corrected chi connectivity index (χ3v) is 9.01. The Kier molecular flexibility index (Phi) is 7.99. The van der Waals surface area contributed by atoms with Gasteiger partial charge in [0.2, 0.25) is 5.78 Å². The first kappa shape index (κ1) is 27.6. The van der Waals surface area contributed by atoms with Crippen LogP contribution < -0.4 is 5.73 Å². The summed E-state index contributed by atoms with van der Waals surface area (Å²) in [6, 6.07) is 0. The van der Waals surface area contributed by atoms with Crippen LogP contribution in [0, 0.1) is 28.6 Å². The fourth-order valence-corrected chi connectivity index (χ4v) is 7.18. The molecule has 3 saturated carbocycles. The van der Waals surface area contributed by atoms with Crippen molar-refractivity contribution in [3.63, 3.8) is 0 Å². The number of allylic oxidation sites excluding steroid dienone is 4. The normalized spacial score (nSPS) is 37.4. The highest BCUT2D eigenvalue weighted by Crippen LogP contribution is 2.66. The average molecular weight is 510 g/mol. The minimum atomic E-state index is -1.74. The molecule has 0 aromatic carbocycles. The Hall–Kier alpha value is -2.03. The molecule has 3 N–H and O–H groups in total. The van der Waals surface area contributed by atoms with Gasteiger partial charge in [0, 0.05) is 23.2 Å². The van der Waals surface area contributed by atoms with E-state index >= 15 is 0 Å². The van der Waals surface area contributed by atoms with E-state index < -0.39 is 35.0 Å². The number of ketones is 3. The van der Waals surface area contributed by atoms with Crippen molar-refractivity contribution in [1.29, 1.82) is 0 Å². The number of nitrogens with two attached hydrogens (primary N) is 1. The smallest absolute Gasteiger partial charge is 0.434 e. The number of carbonyl (C=O) groups is 4. The van der Waals surface area contributed by atoms with E-state index in [1.807, 2.05) is 19.9 Å². The van der Waals surface area contributed by atoms with Gasteiger partial charge in [0.15, 0.2) is 12.4 Å². The number of hydrogen-bond acceptors (Lipinski definition) is 8. The van der Waals surface area contributed by atoms with Crippen molar-refractivity contribution in [2.24, 2.45) is 34.3 Å². The second-order valence-corrected chi connectivity index (χ2v) is 10.7. The molecular formula is C26H36ClNO7. The Labute approximate surface area is 212 Å². The molecule has 194 valence electrons. The standard InChI is InChI=1S/C26H35NO7.ClH/c1-24-9-7-17(28)13-16(24)5-6-18-19-8-10-26(32,25(19,2)14-20(29)22(18)24)21(30)15-34-23(31)33-12-4-3-11-27;/h7,9,13,18-19,22,32H,3-6,8,10-12,14-15,27H2,1-2H3;1H/t18-,19-,22+,24-,25-,26-;/m0./s1. The van der Waals surface area contributed by atoms with Crippen molar-refractivity contribution >= 4 is 35.9 Å². The van der Waals surface area contributed by atoms with Crippen LogP contribution in [0.15, 0.2) is 23.8 Å². The number of ether oxygens (including phenoxy) is 2. The van der Waals surface area contributed by atoms with Crippen LogP contribution in [-0.2, 0) is 23.9 Å². The van der Waals surface area contributed by atoms with Crippen LogP contribution in [0.4, 0.5) is 4.79 Å². The zero-order valence-corrected chi connectivity index (χ0v) is 21.2. The van der Waals surface area contributed by atoms with Gasteiger partial charge in [-0.25, -0.2) is 4.79 Å². The number of hydrogen-bond donors (Lipinski definition) is 2. The molecule has 8 nitrogen and oxygen atoms in total. The first-order chi connectivity index (χ1) is 16.1. The van der Waals surface area contributed by atoms with Crippen molar-refractivity contribution in [1.82, 2.24) is 0 Å². The number of carbonyl (C=O) groups excluding carboxylic acids is 4. The van der Waals surface area contributed by atoms with Crippen LogP contribution >= 0.6 is 12.4 Å². The number of rotatable bonds is 7. The average Bonchev–Trinajstić information content (AvgIpc) is 3.06. The van der Waals surface area contributed by atoms with E-state index in [1.165, 1.54) is 0 Å². The van der Waals surface area contributed by atoms with Crippen LogP contribution in [-0.4, -0.2) is 54.0 Å². The molecule has 0 aromatic rings. The van der Waals surface area contributed by atoms with E-state index in [9.17, 15) is 24.3 Å². The summed E-state index contributed by atoms with van der Waals surface area (Å²) in [4.78, 5) is 50.5. The first-order valence-corrected chi connectivity index (χ1v) is 12.3. The first-order valence-electron chi connectivity index (χ1n) is 12.3. The summed E-state index contributed by atoms with van der Waals surface area (Å²) in [5, 5.41) is 11.6. The topological polar surface area (TPSA) is 133 Å². The summed E-state index contributed by atoms with van der Waals surface area (Å²) < 4.78 is 9.92. The van der Waals surface area contributed by atoms with Crippen molar-refractivity contribution in [3.8, 4) is 0 Å². The van der Waals surface area contributed by atoms with Crippen LogP contribution in [0.25, 0.3) is 0 Å². The van der Waals surface area contributed by atoms with E-state index in [2.05, 4.69) is 0 Å². The largest absolute Gasteiger partial charge is 0.508 e. The molecule has 0 radical (unpaired) electrons. The molecule has 0 unspecified atom stereocenters. The van der Waals surface area contributed by atoms with Crippen LogP contribution in [0.1, 0.15) is 58.8 Å². The summed E-state index contributed by atoms with van der Waals surface area (Å²) in [5.74, 6) is -0.888. The summed E-state index contributed by atoms with van der Waals surface area (Å²) in [6.07, 6.45) is 7.85. The van der Waals surface area contributed by atoms with Crippen LogP contribution in [0.5, 0.6) is 0 Å². The zero-order valence-electron chi connectivity index (χ0n) is 20.4. The Balaban J connectivity index is 0.00000342. The van der Waals surface area contributed by atoms with Gasteiger partial charge in [0.25, 0.3) is 0 Å². The molecule has 4 rings (SSSR count). The predicted octanol–water partition coefficient (Wildman–Crippen LogP) is 3.09. The van der Waals surface area contributed by atoms with Gasteiger partial charge in [-0.3, -0.25) is 14.4 Å². The highest BCUT2D eigenvalue weighted by molar-refractivity contribution is 6.02. The van der Waals surface area contributed by atoms with Gasteiger partial charge in [-0.05, 0) is 69.1 Å². The Bertz CT molecular complexity index is 961. The fraction of sp³-hybridized carbons (Fsp3) is 0.692. The molecule has 3 fully saturated rings. The second-order valence-electron chi connectivity index (χ2n) is 10.7. The van der Waals surface area contributed by atoms with Gasteiger partial charge >= 0.3 is 6.16 Å². The molecule has 35 heavy (non-hydrogen) atoms. The molecule has 6 atom stereocenters. The molecule has 0 saturated heterocycles. The number of fused-ring (bicyclic) bond motifs is 5. The van der Waals surface area contributed by atoms with Gasteiger partial charge in [-0.15, -0.1) is 12.4 Å². The second kappa shape index (κ2) is 10.1. The lowest BCUT2D eigenvalue weighted by molar-refractivity contribution is -0.169. The van der Waals surface area contributed by atoms with Gasteiger partial charge in [0.1, 0.15) is 11.4 Å². The molecule has 0 bridgehead atoms. The van der Waals surface area contributed by atoms with E-state index in [0.717, 1.165) is 18.4 Å². The lowest BCUT2D eigenvalue weighted by Gasteiger charge is -2.56. The van der Waals surface area contributed by atoms with E-state index in [0.29, 0.717) is 25.8 Å². The molecule has 4 aliphatic carbocycles. The predicted molar refractivity (Wildman–Crippen MR) is 130 cm³/mol. The number of halogens is 1. The third kappa shape index (κ3) is 4.49. The maximum Gasteiger partial charge on any atom is 0.508 e. The molecular weight excluding hydrogens is 474 g/mol. The zero-order chi connectivity index (χ0) is 24.7. The maximum absolute atomic E-state index is 13.6. The van der Waals surface area contributed by atoms with Gasteiger partial charge < -0.3 is 20.3 Å². The molecule has 0 spiro atoms. The van der Waals surface area contributed by atoms with Crippen molar-refractivity contribution in [2.75, 3.05) is 19.8 Å². The molecule has 0 aliphatic heterocycles. The number of Topliss-reactive ketones (excluding diaryl/α,β-unsaturated/α-hetero) is 2. The van der Waals surface area contributed by atoms with Gasteiger partial charge in [0.05, 0.1) is 6.61 Å². The van der Waals surface area contributed by atoms with Crippen molar-refractivity contribution < 1.29 is 33.8 Å². The molecule has 9 heteroatoms. The molecule has 4 aliphatic rings. The molecule has 0 aromatic heterocycles. The summed E-state index contributed by atoms with van der Waals surface area (Å²) >= 11 is 0. The van der Waals surface area contributed by atoms with Crippen molar-refractivity contribution in [2.45, 2.75) is 64.4 Å². The van der Waals surface area contributed by atoms with E-state index in [4.69, 9.17) is 15.2 Å². The van der Waals surface area contributed by atoms with Gasteiger partial charge in [-0.1, -0.05) is 25.5 Å². The lowest BCUT2D eigenvalue weighted by atomic mass is 9.46. The Morgan fingerprint density at radius 3 is 2.63 bits per heavy atom. The maximum atomic E-state index is 13.6. The van der Waals surface area contributed by atoms with Crippen LogP contribution in [0.2, 0.25) is 0 Å². The number of aliphatic hydroxyl groups is 1. The quantitative estimate of drug-likeness (QED) is 0.395. The van der Waals surface area contributed by atoms with Crippen LogP contribution in [0.3, 0.4) is 0 Å². The SMILES string of the molecule is C[C@]12C=CC(=O)C=C1CC[C@@H]1[C@@H]2C(=O)C[C@@]2(C)[C@H]1CC[C@]2(O)C(=O)COC(=O)OCCCCN.Cl. The summed E-state index contributed by atoms with van der Waals surface area (Å²) in [7, 11) is 0. The van der Waals surface area contributed by atoms with E-state index in [1.54, 1.807) is 12.2 Å². The van der Waals surface area contributed by atoms with Gasteiger partial charge in [-0.2, -0.15) is 0 Å². The third-order valence-electron chi connectivity index (χ3n) is 9.01. The lowest BCUT2D eigenvalue weighted by Crippen LogP contribution is -2.60. The molecule has 0 heterocycles. The summed E-state index contributed by atoms with van der Waals surface area (Å²) in [5.41, 5.74) is 3.23. The highest BCUT2D eigenvalue weighted by atomic mass is 35.5. The highest BCUT2D eigenvalue weighted by Gasteiger charge is 2.68. The monoisotopic (exact) mass is 509 g/mol. The minimum Gasteiger partial charge on any atom is -0.434 e.